The van der Waals surface area contributed by atoms with Crippen molar-refractivity contribution in [2.45, 2.75) is 19.6 Å². The fourth-order valence-electron chi connectivity index (χ4n) is 1.74. The van der Waals surface area contributed by atoms with E-state index in [1.165, 1.54) is 0 Å². The Morgan fingerprint density at radius 2 is 1.89 bits per heavy atom. The van der Waals surface area contributed by atoms with Gasteiger partial charge in [-0.25, -0.2) is 0 Å². The van der Waals surface area contributed by atoms with Crippen LogP contribution in [0.1, 0.15) is 24.1 Å². The molecule has 0 unspecified atom stereocenters. The Balaban J connectivity index is 2.15. The topological polar surface area (TPSA) is 35.2 Å². The molecule has 1 atom stereocenters. The molecule has 0 fully saturated rings. The fourth-order valence-corrected chi connectivity index (χ4v) is 2.08. The molecule has 0 aliphatic rings. The lowest BCUT2D eigenvalue weighted by Crippen LogP contribution is -2.08. The summed E-state index contributed by atoms with van der Waals surface area (Å²) in [6, 6.07) is 16.0. The van der Waals surface area contributed by atoms with Crippen LogP contribution in [0, 0.1) is 0 Å². The molecule has 2 N–H and O–H groups in total. The molecule has 0 amide bonds. The molecule has 0 aliphatic carbocycles. The van der Waals surface area contributed by atoms with E-state index in [1.54, 1.807) is 0 Å². The Kier molecular flexibility index (Phi) is 4.39. The van der Waals surface area contributed by atoms with Crippen molar-refractivity contribution in [2.75, 3.05) is 0 Å². The zero-order valence-corrected chi connectivity index (χ0v) is 11.9. The molecule has 0 bridgehead atoms. The third-order valence-corrected chi connectivity index (χ3v) is 3.20. The molecule has 3 heteroatoms. The molecule has 0 saturated heterocycles. The second-order valence-electron chi connectivity index (χ2n) is 4.25. The standard InChI is InChI=1S/C15H16BrNO/c1-11(17)14-8-7-13(16)9-15(14)18-10-12-5-3-2-4-6-12/h2-9,11H,10,17H2,1H3/t11-/m1/s1. The maximum absolute atomic E-state index is 5.94. The number of benzene rings is 2. The Labute approximate surface area is 116 Å². The van der Waals surface area contributed by atoms with Gasteiger partial charge in [-0.15, -0.1) is 0 Å². The van der Waals surface area contributed by atoms with Gasteiger partial charge in [0, 0.05) is 16.1 Å². The van der Waals surface area contributed by atoms with Gasteiger partial charge in [0.15, 0.2) is 0 Å². The summed E-state index contributed by atoms with van der Waals surface area (Å²) >= 11 is 3.45. The molecule has 0 aliphatic heterocycles. The molecular weight excluding hydrogens is 290 g/mol. The quantitative estimate of drug-likeness (QED) is 0.925. The van der Waals surface area contributed by atoms with Gasteiger partial charge < -0.3 is 10.5 Å². The number of hydrogen-bond donors (Lipinski definition) is 1. The minimum absolute atomic E-state index is 0.0381. The van der Waals surface area contributed by atoms with Crippen LogP contribution in [0.5, 0.6) is 5.75 Å². The summed E-state index contributed by atoms with van der Waals surface area (Å²) in [6.45, 7) is 2.51. The fraction of sp³-hybridized carbons (Fsp3) is 0.200. The van der Waals surface area contributed by atoms with Gasteiger partial charge in [0.05, 0.1) is 0 Å². The predicted octanol–water partition coefficient (Wildman–Crippen LogP) is 4.05. The monoisotopic (exact) mass is 305 g/mol. The average Bonchev–Trinajstić information content (AvgIpc) is 2.37. The lowest BCUT2D eigenvalue weighted by molar-refractivity contribution is 0.301. The number of halogens is 1. The average molecular weight is 306 g/mol. The highest BCUT2D eigenvalue weighted by molar-refractivity contribution is 9.10. The molecule has 94 valence electrons. The van der Waals surface area contributed by atoms with Gasteiger partial charge in [-0.3, -0.25) is 0 Å². The Bertz CT molecular complexity index is 511. The first-order valence-corrected chi connectivity index (χ1v) is 6.68. The number of hydrogen-bond acceptors (Lipinski definition) is 2. The second-order valence-corrected chi connectivity index (χ2v) is 5.16. The molecule has 2 aromatic carbocycles. The van der Waals surface area contributed by atoms with Crippen molar-refractivity contribution in [2.24, 2.45) is 5.73 Å². The summed E-state index contributed by atoms with van der Waals surface area (Å²) in [5.74, 6) is 0.836. The van der Waals surface area contributed by atoms with Gasteiger partial charge in [0.25, 0.3) is 0 Å². The smallest absolute Gasteiger partial charge is 0.125 e. The van der Waals surface area contributed by atoms with Gasteiger partial charge in [0.2, 0.25) is 0 Å². The van der Waals surface area contributed by atoms with Crippen molar-refractivity contribution in [1.82, 2.24) is 0 Å². The first-order chi connectivity index (χ1) is 8.66. The van der Waals surface area contributed by atoms with E-state index in [1.807, 2.05) is 55.5 Å². The summed E-state index contributed by atoms with van der Waals surface area (Å²) in [5.41, 5.74) is 8.11. The molecule has 2 nitrogen and oxygen atoms in total. The Morgan fingerprint density at radius 3 is 2.56 bits per heavy atom. The molecule has 0 radical (unpaired) electrons. The third kappa shape index (κ3) is 3.34. The van der Waals surface area contributed by atoms with Gasteiger partial charge >= 0.3 is 0 Å². The van der Waals surface area contributed by atoms with E-state index in [9.17, 15) is 0 Å². The van der Waals surface area contributed by atoms with Crippen LogP contribution in [-0.4, -0.2) is 0 Å². The number of nitrogens with two attached hydrogens (primary N) is 1. The minimum Gasteiger partial charge on any atom is -0.489 e. The van der Waals surface area contributed by atoms with E-state index in [0.29, 0.717) is 6.61 Å². The molecule has 2 aromatic rings. The summed E-state index contributed by atoms with van der Waals surface area (Å²) in [7, 11) is 0. The molecular formula is C15H16BrNO. The van der Waals surface area contributed by atoms with Gasteiger partial charge in [-0.05, 0) is 24.6 Å². The third-order valence-electron chi connectivity index (χ3n) is 2.70. The molecule has 0 aromatic heterocycles. The van der Waals surface area contributed by atoms with Crippen LogP contribution in [0.3, 0.4) is 0 Å². The largest absolute Gasteiger partial charge is 0.489 e. The summed E-state index contributed by atoms with van der Waals surface area (Å²) in [4.78, 5) is 0. The zero-order valence-electron chi connectivity index (χ0n) is 10.3. The van der Waals surface area contributed by atoms with Gasteiger partial charge in [-0.1, -0.05) is 52.3 Å². The maximum Gasteiger partial charge on any atom is 0.125 e. The first kappa shape index (κ1) is 13.1. The molecule has 0 spiro atoms. The lowest BCUT2D eigenvalue weighted by Gasteiger charge is -2.14. The predicted molar refractivity (Wildman–Crippen MR) is 77.5 cm³/mol. The van der Waals surface area contributed by atoms with Crippen LogP contribution in [-0.2, 0) is 6.61 Å². The summed E-state index contributed by atoms with van der Waals surface area (Å²) in [6.07, 6.45) is 0. The van der Waals surface area contributed by atoms with Crippen molar-refractivity contribution in [3.63, 3.8) is 0 Å². The normalized spacial score (nSPS) is 12.2. The Morgan fingerprint density at radius 1 is 1.17 bits per heavy atom. The van der Waals surface area contributed by atoms with Crippen LogP contribution >= 0.6 is 15.9 Å². The van der Waals surface area contributed by atoms with E-state index in [2.05, 4.69) is 15.9 Å². The van der Waals surface area contributed by atoms with E-state index in [0.717, 1.165) is 21.3 Å². The second kappa shape index (κ2) is 6.03. The van der Waals surface area contributed by atoms with Crippen LogP contribution in [0.15, 0.2) is 53.0 Å². The molecule has 2 rings (SSSR count). The summed E-state index contributed by atoms with van der Waals surface area (Å²) in [5, 5.41) is 0. The van der Waals surface area contributed by atoms with E-state index in [4.69, 9.17) is 10.5 Å². The highest BCUT2D eigenvalue weighted by Gasteiger charge is 2.08. The highest BCUT2D eigenvalue weighted by atomic mass is 79.9. The van der Waals surface area contributed by atoms with Gasteiger partial charge in [-0.2, -0.15) is 0 Å². The van der Waals surface area contributed by atoms with Crippen LogP contribution in [0.2, 0.25) is 0 Å². The van der Waals surface area contributed by atoms with E-state index >= 15 is 0 Å². The van der Waals surface area contributed by atoms with Gasteiger partial charge in [0.1, 0.15) is 12.4 Å². The maximum atomic E-state index is 5.94. The minimum atomic E-state index is -0.0381. The first-order valence-electron chi connectivity index (χ1n) is 5.88. The lowest BCUT2D eigenvalue weighted by atomic mass is 10.1. The zero-order chi connectivity index (χ0) is 13.0. The molecule has 0 heterocycles. The van der Waals surface area contributed by atoms with Crippen molar-refractivity contribution >= 4 is 15.9 Å². The van der Waals surface area contributed by atoms with Crippen molar-refractivity contribution in [3.05, 3.63) is 64.1 Å². The summed E-state index contributed by atoms with van der Waals surface area (Å²) < 4.78 is 6.85. The van der Waals surface area contributed by atoms with Crippen molar-refractivity contribution < 1.29 is 4.74 Å². The number of rotatable bonds is 4. The number of ether oxygens (including phenoxy) is 1. The Hall–Kier alpha value is -1.32. The highest BCUT2D eigenvalue weighted by Crippen LogP contribution is 2.28. The molecule has 18 heavy (non-hydrogen) atoms. The van der Waals surface area contributed by atoms with Crippen molar-refractivity contribution in [1.29, 1.82) is 0 Å². The van der Waals surface area contributed by atoms with Crippen LogP contribution in [0.4, 0.5) is 0 Å². The van der Waals surface area contributed by atoms with Crippen LogP contribution in [0.25, 0.3) is 0 Å². The van der Waals surface area contributed by atoms with E-state index < -0.39 is 0 Å². The van der Waals surface area contributed by atoms with Crippen molar-refractivity contribution in [3.8, 4) is 5.75 Å². The molecule has 0 saturated carbocycles. The van der Waals surface area contributed by atoms with Crippen LogP contribution < -0.4 is 10.5 Å². The van der Waals surface area contributed by atoms with E-state index in [-0.39, 0.29) is 6.04 Å². The SMILES string of the molecule is C[C@@H](N)c1ccc(Br)cc1OCc1ccccc1.